The van der Waals surface area contributed by atoms with E-state index in [2.05, 4.69) is 46.5 Å². The highest BCUT2D eigenvalue weighted by Gasteiger charge is 2.37. The maximum atomic E-state index is 13.3. The first-order valence-corrected chi connectivity index (χ1v) is 16.6. The summed E-state index contributed by atoms with van der Waals surface area (Å²) in [5.74, 6) is -2.86. The fourth-order valence-corrected chi connectivity index (χ4v) is 6.13. The molecule has 0 radical (unpaired) electrons. The van der Waals surface area contributed by atoms with Crippen LogP contribution in [-0.2, 0) is 30.4 Å². The van der Waals surface area contributed by atoms with Crippen LogP contribution >= 0.6 is 25.3 Å². The molecule has 5 amide bonds. The molecule has 0 saturated heterocycles. The van der Waals surface area contributed by atoms with Crippen molar-refractivity contribution in [2.45, 2.75) is 120 Å². The number of hydrogen-bond donors (Lipinski definition) is 9. The number of phenols is 1. The molecule has 14 heteroatoms. The molecule has 9 N–H and O–H groups in total. The predicted molar refractivity (Wildman–Crippen MR) is 185 cm³/mol. The van der Waals surface area contributed by atoms with E-state index in [0.717, 1.165) is 48.8 Å². The first-order valence-electron chi connectivity index (χ1n) is 15.7. The number of thiol groups is 2. The Morgan fingerprint density at radius 3 is 1.89 bits per heavy atom. The number of rotatable bonds is 15. The topological polar surface area (TPSA) is 206 Å². The van der Waals surface area contributed by atoms with Crippen LogP contribution in [0.3, 0.4) is 0 Å². The number of carbonyl (C=O) groups excluding carboxylic acids is 5. The number of phenolic OH excluding ortho intramolecular Hbond substituents is 1. The Hall–Kier alpha value is -2.97. The molecule has 12 nitrogen and oxygen atoms in total. The first kappa shape index (κ1) is 39.2. The summed E-state index contributed by atoms with van der Waals surface area (Å²) in [6.07, 6.45) is 5.55. The summed E-state index contributed by atoms with van der Waals surface area (Å²) in [5.41, 5.74) is 14.1. The van der Waals surface area contributed by atoms with Crippen molar-refractivity contribution in [2.75, 3.05) is 6.54 Å². The number of benzene rings is 1. The zero-order valence-electron chi connectivity index (χ0n) is 27.7. The minimum atomic E-state index is -1.15. The second-order valence-corrected chi connectivity index (χ2v) is 15.8. The van der Waals surface area contributed by atoms with Gasteiger partial charge in [0.25, 0.3) is 0 Å². The summed E-state index contributed by atoms with van der Waals surface area (Å²) in [6.45, 7) is 9.73. The van der Waals surface area contributed by atoms with E-state index in [1.807, 2.05) is 13.8 Å². The van der Waals surface area contributed by atoms with E-state index in [1.54, 1.807) is 39.8 Å². The summed E-state index contributed by atoms with van der Waals surface area (Å²) in [4.78, 5) is 64.8. The fourth-order valence-electron chi connectivity index (χ4n) is 5.76. The van der Waals surface area contributed by atoms with E-state index < -0.39 is 69.7 Å². The fraction of sp³-hybridized carbons (Fsp3) is 0.656. The van der Waals surface area contributed by atoms with E-state index in [0.29, 0.717) is 6.42 Å². The van der Waals surface area contributed by atoms with Gasteiger partial charge in [0, 0.05) is 9.49 Å². The number of carbonyl (C=O) groups is 5. The van der Waals surface area contributed by atoms with Crippen LogP contribution in [0, 0.1) is 19.8 Å². The van der Waals surface area contributed by atoms with E-state index >= 15 is 0 Å². The van der Waals surface area contributed by atoms with Crippen molar-refractivity contribution >= 4 is 54.8 Å². The van der Waals surface area contributed by atoms with Gasteiger partial charge in [0.1, 0.15) is 23.9 Å². The van der Waals surface area contributed by atoms with Crippen LogP contribution in [0.2, 0.25) is 0 Å². The summed E-state index contributed by atoms with van der Waals surface area (Å²) in [5, 5.41) is 20.4. The quantitative estimate of drug-likeness (QED) is 0.124. The number of primary amides is 1. The Kier molecular flexibility index (Phi) is 14.3. The predicted octanol–water partition coefficient (Wildman–Crippen LogP) is 1.32. The molecule has 1 aliphatic rings. The lowest BCUT2D eigenvalue weighted by atomic mass is 9.84. The molecule has 0 aliphatic heterocycles. The lowest BCUT2D eigenvalue weighted by Crippen LogP contribution is -2.60. The van der Waals surface area contributed by atoms with Gasteiger partial charge in [0.15, 0.2) is 0 Å². The Bertz CT molecular complexity index is 1250. The maximum Gasteiger partial charge on any atom is 0.244 e. The van der Waals surface area contributed by atoms with Gasteiger partial charge in [-0.25, -0.2) is 0 Å². The molecular weight excluding hydrogens is 629 g/mol. The molecule has 1 aliphatic carbocycles. The normalized spacial score (nSPS) is 16.8. The average Bonchev–Trinajstić information content (AvgIpc) is 2.93. The molecule has 4 atom stereocenters. The van der Waals surface area contributed by atoms with Gasteiger partial charge in [0.05, 0.1) is 12.6 Å². The number of nitrogens with one attached hydrogen (secondary N) is 4. The molecule has 0 unspecified atom stereocenters. The number of aryl methyl sites for hydroxylation is 2. The minimum absolute atomic E-state index is 0.117. The number of amides is 5. The first-order chi connectivity index (χ1) is 21.2. The Morgan fingerprint density at radius 1 is 0.870 bits per heavy atom. The Morgan fingerprint density at radius 2 is 1.39 bits per heavy atom. The zero-order valence-corrected chi connectivity index (χ0v) is 29.5. The molecule has 46 heavy (non-hydrogen) atoms. The Balaban J connectivity index is 2.10. The Labute approximate surface area is 283 Å². The molecule has 1 saturated carbocycles. The van der Waals surface area contributed by atoms with E-state index in [4.69, 9.17) is 11.5 Å². The largest absolute Gasteiger partial charge is 0.508 e. The highest BCUT2D eigenvalue weighted by atomic mass is 32.1. The molecule has 1 aromatic rings. The molecule has 0 bridgehead atoms. The average molecular weight is 681 g/mol. The van der Waals surface area contributed by atoms with Crippen molar-refractivity contribution in [3.05, 3.63) is 28.8 Å². The number of hydrogen-bond acceptors (Lipinski definition) is 9. The van der Waals surface area contributed by atoms with Gasteiger partial charge in [-0.15, -0.1) is 0 Å². The van der Waals surface area contributed by atoms with Crippen molar-refractivity contribution in [1.82, 2.24) is 21.3 Å². The van der Waals surface area contributed by atoms with Crippen molar-refractivity contribution in [2.24, 2.45) is 17.4 Å². The zero-order chi connectivity index (χ0) is 35.0. The van der Waals surface area contributed by atoms with Crippen molar-refractivity contribution in [1.29, 1.82) is 0 Å². The SMILES string of the molecule is Cc1cc(O)cc(C)c1C[C@H](N)C(=O)N[C@@H](C(=O)NCC(=O)N[C@@H](CC1CCCCC1)C(=O)N[C@@H](C(N)=O)C(C)(C)S)C(C)(C)S. The van der Waals surface area contributed by atoms with E-state index in [1.165, 1.54) is 0 Å². The number of aromatic hydroxyl groups is 1. The van der Waals surface area contributed by atoms with Crippen LogP contribution in [0.25, 0.3) is 0 Å². The molecule has 0 spiro atoms. The summed E-state index contributed by atoms with van der Waals surface area (Å²) in [6, 6.07) is -1.02. The molecule has 1 fully saturated rings. The second-order valence-electron chi connectivity index (χ2n) is 13.5. The monoisotopic (exact) mass is 680 g/mol. The van der Waals surface area contributed by atoms with Gasteiger partial charge in [-0.2, -0.15) is 25.3 Å². The lowest BCUT2D eigenvalue weighted by molar-refractivity contribution is -0.133. The molecule has 258 valence electrons. The van der Waals surface area contributed by atoms with Gasteiger partial charge in [-0.05, 0) is 89.1 Å². The van der Waals surface area contributed by atoms with Crippen LogP contribution in [-0.4, -0.2) is 74.8 Å². The smallest absolute Gasteiger partial charge is 0.244 e. The third kappa shape index (κ3) is 12.0. The molecule has 0 heterocycles. The minimum Gasteiger partial charge on any atom is -0.508 e. The highest BCUT2D eigenvalue weighted by Crippen LogP contribution is 2.28. The summed E-state index contributed by atoms with van der Waals surface area (Å²) >= 11 is 8.91. The summed E-state index contributed by atoms with van der Waals surface area (Å²) in [7, 11) is 0. The van der Waals surface area contributed by atoms with Crippen LogP contribution < -0.4 is 32.7 Å². The number of nitrogens with two attached hydrogens (primary N) is 2. The van der Waals surface area contributed by atoms with E-state index in [9.17, 15) is 29.1 Å². The highest BCUT2D eigenvalue weighted by molar-refractivity contribution is 7.82. The van der Waals surface area contributed by atoms with Gasteiger partial charge in [0.2, 0.25) is 29.5 Å². The van der Waals surface area contributed by atoms with Gasteiger partial charge in [-0.1, -0.05) is 32.1 Å². The molecule has 0 aromatic heterocycles. The van der Waals surface area contributed by atoms with Crippen molar-refractivity contribution in [3.8, 4) is 5.75 Å². The third-order valence-electron chi connectivity index (χ3n) is 8.34. The van der Waals surface area contributed by atoms with Gasteiger partial charge < -0.3 is 37.8 Å². The molecular formula is C32H52N6O6S2. The molecule has 2 rings (SSSR count). The third-order valence-corrected chi connectivity index (χ3v) is 8.86. The van der Waals surface area contributed by atoms with Crippen LogP contribution in [0.1, 0.15) is 82.9 Å². The van der Waals surface area contributed by atoms with Crippen molar-refractivity contribution < 1.29 is 29.1 Å². The van der Waals surface area contributed by atoms with Crippen LogP contribution in [0.4, 0.5) is 0 Å². The maximum absolute atomic E-state index is 13.3. The second kappa shape index (κ2) is 16.7. The summed E-state index contributed by atoms with van der Waals surface area (Å²) < 4.78 is -1.98. The van der Waals surface area contributed by atoms with E-state index in [-0.39, 0.29) is 18.1 Å². The van der Waals surface area contributed by atoms with Gasteiger partial charge >= 0.3 is 0 Å². The lowest BCUT2D eigenvalue weighted by Gasteiger charge is -2.32. The van der Waals surface area contributed by atoms with Crippen LogP contribution in [0.5, 0.6) is 5.75 Å². The standard InChI is InChI=1S/C32H52N6O6S2/c1-17-12-20(39)13-18(2)21(17)15-22(33)28(42)38-26(32(5,6)46)30(44)35-16-24(40)36-23(14-19-10-8-7-9-11-19)29(43)37-25(27(34)41)31(3,4)45/h12-13,19,22-23,25-26,39,45-46H,7-11,14-16,33H2,1-6H3,(H2,34,41)(H,35,44)(H,36,40)(H,37,43)(H,38,42)/t22-,23-,25-,26-/m0/s1. The van der Waals surface area contributed by atoms with Gasteiger partial charge in [-0.3, -0.25) is 24.0 Å². The van der Waals surface area contributed by atoms with Crippen LogP contribution in [0.15, 0.2) is 12.1 Å². The van der Waals surface area contributed by atoms with Crippen molar-refractivity contribution in [3.63, 3.8) is 0 Å². The molecule has 1 aromatic carbocycles.